The predicted octanol–water partition coefficient (Wildman–Crippen LogP) is 3.59. The van der Waals surface area contributed by atoms with Gasteiger partial charge in [0.05, 0.1) is 21.7 Å². The second kappa shape index (κ2) is 11.2. The molecule has 3 heterocycles. The Bertz CT molecular complexity index is 1280. The fourth-order valence-electron chi connectivity index (χ4n) is 4.54. The van der Waals surface area contributed by atoms with Crippen molar-refractivity contribution in [3.05, 3.63) is 54.4 Å². The molecule has 1 fully saturated rings. The van der Waals surface area contributed by atoms with Crippen LogP contribution >= 0.6 is 0 Å². The van der Waals surface area contributed by atoms with Gasteiger partial charge in [-0.1, -0.05) is 20.3 Å². The molecular formula is C26H33N5O3S. The highest BCUT2D eigenvalue weighted by Crippen LogP contribution is 2.27. The van der Waals surface area contributed by atoms with Crippen LogP contribution in [-0.2, 0) is 10.0 Å². The average Bonchev–Trinajstić information content (AvgIpc) is 3.34. The second-order valence-electron chi connectivity index (χ2n) is 8.86. The molecule has 2 N–H and O–H groups in total. The van der Waals surface area contributed by atoms with Crippen LogP contribution in [0.25, 0.3) is 22.2 Å². The summed E-state index contributed by atoms with van der Waals surface area (Å²) in [5, 5.41) is 3.59. The summed E-state index contributed by atoms with van der Waals surface area (Å²) in [5.74, 6) is -0.237. The van der Waals surface area contributed by atoms with Gasteiger partial charge in [-0.15, -0.1) is 0 Å². The Hall–Kier alpha value is -2.88. The Morgan fingerprint density at radius 1 is 1.20 bits per heavy atom. The third-order valence-corrected chi connectivity index (χ3v) is 7.98. The number of likely N-dealkylation sites (N-methyl/N-ethyl adjacent to an activating group) is 1. The van der Waals surface area contributed by atoms with Crippen LogP contribution in [0.1, 0.15) is 49.9 Å². The molecule has 1 atom stereocenters. The van der Waals surface area contributed by atoms with Gasteiger partial charge >= 0.3 is 0 Å². The minimum Gasteiger partial charge on any atom is -0.350 e. The van der Waals surface area contributed by atoms with Crippen molar-refractivity contribution in [2.24, 2.45) is 0 Å². The van der Waals surface area contributed by atoms with Crippen LogP contribution in [0.5, 0.6) is 0 Å². The number of unbranched alkanes of at least 4 members (excludes halogenated alkanes) is 1. The first-order valence-corrected chi connectivity index (χ1v) is 13.8. The maximum Gasteiger partial charge on any atom is 0.252 e. The average molecular weight is 496 g/mol. The van der Waals surface area contributed by atoms with E-state index in [2.05, 4.69) is 26.8 Å². The highest BCUT2D eigenvalue weighted by molar-refractivity contribution is 7.89. The number of amides is 1. The smallest absolute Gasteiger partial charge is 0.252 e. The third-order valence-electron chi connectivity index (χ3n) is 6.52. The number of benzene rings is 1. The lowest BCUT2D eigenvalue weighted by molar-refractivity contribution is 0.0943. The molecule has 186 valence electrons. The molecule has 1 amide bonds. The SMILES string of the molecule is CCCCNS(=O)(=O)c1ccc2nc(-c3cccnc3)cc(C(=O)NCC3CCCN3CC)c2c1. The van der Waals surface area contributed by atoms with Crippen molar-refractivity contribution in [3.63, 3.8) is 0 Å². The van der Waals surface area contributed by atoms with Gasteiger partial charge in [0.15, 0.2) is 0 Å². The number of carbonyl (C=O) groups is 1. The molecule has 9 heteroatoms. The van der Waals surface area contributed by atoms with Gasteiger partial charge in [0.1, 0.15) is 0 Å². The Labute approximate surface area is 207 Å². The summed E-state index contributed by atoms with van der Waals surface area (Å²) in [6.45, 7) is 7.06. The van der Waals surface area contributed by atoms with Gasteiger partial charge in [-0.05, 0) is 68.8 Å². The summed E-state index contributed by atoms with van der Waals surface area (Å²) >= 11 is 0. The third kappa shape index (κ3) is 5.86. The van der Waals surface area contributed by atoms with Gasteiger partial charge in [-0.2, -0.15) is 0 Å². The van der Waals surface area contributed by atoms with Crippen LogP contribution in [0.4, 0.5) is 0 Å². The number of nitrogens with one attached hydrogen (secondary N) is 2. The Morgan fingerprint density at radius 2 is 2.06 bits per heavy atom. The summed E-state index contributed by atoms with van der Waals surface area (Å²) in [7, 11) is -3.69. The summed E-state index contributed by atoms with van der Waals surface area (Å²) in [5.41, 5.74) is 2.36. The molecule has 35 heavy (non-hydrogen) atoms. The zero-order valence-electron chi connectivity index (χ0n) is 20.3. The molecule has 3 aromatic rings. The predicted molar refractivity (Wildman–Crippen MR) is 138 cm³/mol. The second-order valence-corrected chi connectivity index (χ2v) is 10.6. The number of hydrogen-bond donors (Lipinski definition) is 2. The van der Waals surface area contributed by atoms with E-state index < -0.39 is 10.0 Å². The largest absolute Gasteiger partial charge is 0.350 e. The van der Waals surface area contributed by atoms with Crippen molar-refractivity contribution in [1.29, 1.82) is 0 Å². The lowest BCUT2D eigenvalue weighted by Gasteiger charge is -2.23. The van der Waals surface area contributed by atoms with Crippen molar-refractivity contribution in [3.8, 4) is 11.3 Å². The summed E-state index contributed by atoms with van der Waals surface area (Å²) < 4.78 is 28.3. The number of nitrogens with zero attached hydrogens (tertiary/aromatic N) is 3. The van der Waals surface area contributed by atoms with Crippen LogP contribution in [0.3, 0.4) is 0 Å². The molecular weight excluding hydrogens is 462 g/mol. The molecule has 1 aromatic carbocycles. The molecule has 1 saturated heterocycles. The van der Waals surface area contributed by atoms with Crippen molar-refractivity contribution in [1.82, 2.24) is 24.9 Å². The number of hydrogen-bond acceptors (Lipinski definition) is 6. The first-order valence-electron chi connectivity index (χ1n) is 12.3. The lowest BCUT2D eigenvalue weighted by atomic mass is 10.0. The Balaban J connectivity index is 1.71. The van der Waals surface area contributed by atoms with E-state index in [1.54, 1.807) is 30.6 Å². The molecule has 0 bridgehead atoms. The molecule has 1 aliphatic heterocycles. The van der Waals surface area contributed by atoms with Crippen LogP contribution in [-0.4, -0.2) is 61.4 Å². The standard InChI is InChI=1S/C26H33N5O3S/c1-3-5-13-29-35(33,34)21-10-11-24-22(15-21)23(16-25(30-24)19-8-6-12-27-17-19)26(32)28-18-20-9-7-14-31(20)4-2/h6,8,10-12,15-17,20,29H,3-5,7,9,13-14,18H2,1-2H3,(H,28,32). The van der Waals surface area contributed by atoms with Crippen molar-refractivity contribution in [2.45, 2.75) is 50.5 Å². The van der Waals surface area contributed by atoms with Gasteiger partial charge in [0.2, 0.25) is 10.0 Å². The molecule has 0 spiro atoms. The van der Waals surface area contributed by atoms with Crippen molar-refractivity contribution in [2.75, 3.05) is 26.2 Å². The van der Waals surface area contributed by atoms with E-state index in [-0.39, 0.29) is 10.8 Å². The number of sulfonamides is 1. The molecule has 0 radical (unpaired) electrons. The number of aromatic nitrogens is 2. The number of rotatable bonds is 10. The topological polar surface area (TPSA) is 104 Å². The minimum absolute atomic E-state index is 0.124. The minimum atomic E-state index is -3.69. The fourth-order valence-corrected chi connectivity index (χ4v) is 5.64. The molecule has 2 aromatic heterocycles. The molecule has 0 aliphatic carbocycles. The van der Waals surface area contributed by atoms with Gasteiger partial charge in [-0.25, -0.2) is 18.1 Å². The molecule has 1 unspecified atom stereocenters. The normalized spacial score (nSPS) is 16.6. The maximum absolute atomic E-state index is 13.4. The highest BCUT2D eigenvalue weighted by atomic mass is 32.2. The molecule has 8 nitrogen and oxygen atoms in total. The summed E-state index contributed by atoms with van der Waals surface area (Å²) in [6.07, 6.45) is 7.21. The first kappa shape index (κ1) is 25.2. The van der Waals surface area contributed by atoms with E-state index >= 15 is 0 Å². The Morgan fingerprint density at radius 3 is 2.80 bits per heavy atom. The first-order chi connectivity index (χ1) is 16.9. The van der Waals surface area contributed by atoms with Crippen LogP contribution < -0.4 is 10.0 Å². The van der Waals surface area contributed by atoms with E-state index in [9.17, 15) is 13.2 Å². The van der Waals surface area contributed by atoms with Gasteiger partial charge in [0, 0.05) is 42.5 Å². The van der Waals surface area contributed by atoms with Crippen LogP contribution in [0.15, 0.2) is 53.7 Å². The van der Waals surface area contributed by atoms with E-state index in [0.29, 0.717) is 41.3 Å². The van der Waals surface area contributed by atoms with Gasteiger partial charge in [-0.3, -0.25) is 14.7 Å². The van der Waals surface area contributed by atoms with Crippen LogP contribution in [0, 0.1) is 0 Å². The molecule has 0 saturated carbocycles. The number of pyridine rings is 2. The highest BCUT2D eigenvalue weighted by Gasteiger charge is 2.24. The van der Waals surface area contributed by atoms with E-state index in [1.807, 2.05) is 19.1 Å². The maximum atomic E-state index is 13.4. The van der Waals surface area contributed by atoms with Gasteiger partial charge in [0.25, 0.3) is 5.91 Å². The van der Waals surface area contributed by atoms with Crippen molar-refractivity contribution >= 4 is 26.8 Å². The molecule has 1 aliphatic rings. The fraction of sp³-hybridized carbons (Fsp3) is 0.423. The monoisotopic (exact) mass is 495 g/mol. The number of fused-ring (bicyclic) bond motifs is 1. The van der Waals surface area contributed by atoms with E-state index in [1.165, 1.54) is 6.07 Å². The lowest BCUT2D eigenvalue weighted by Crippen LogP contribution is -2.40. The number of likely N-dealkylation sites (tertiary alicyclic amines) is 1. The zero-order chi connectivity index (χ0) is 24.8. The summed E-state index contributed by atoms with van der Waals surface area (Å²) in [6, 6.07) is 10.5. The number of carbonyl (C=O) groups excluding carboxylic acids is 1. The summed E-state index contributed by atoms with van der Waals surface area (Å²) in [4.78, 5) is 24.8. The van der Waals surface area contributed by atoms with Crippen LogP contribution in [0.2, 0.25) is 0 Å². The van der Waals surface area contributed by atoms with E-state index in [0.717, 1.165) is 44.3 Å². The quantitative estimate of drug-likeness (QED) is 0.417. The molecule has 4 rings (SSSR count). The van der Waals surface area contributed by atoms with Gasteiger partial charge < -0.3 is 5.32 Å². The zero-order valence-corrected chi connectivity index (χ0v) is 21.1. The van der Waals surface area contributed by atoms with E-state index in [4.69, 9.17) is 4.98 Å². The van der Waals surface area contributed by atoms with Crippen molar-refractivity contribution < 1.29 is 13.2 Å². The Kier molecular flexibility index (Phi) is 8.10.